The third-order valence-corrected chi connectivity index (χ3v) is 3.31. The van der Waals surface area contributed by atoms with Gasteiger partial charge in [-0.05, 0) is 32.8 Å². The van der Waals surface area contributed by atoms with Gasteiger partial charge in [-0.2, -0.15) is 5.10 Å². The zero-order chi connectivity index (χ0) is 16.1. The quantitative estimate of drug-likeness (QED) is 0.816. The van der Waals surface area contributed by atoms with Crippen molar-refractivity contribution < 1.29 is 9.32 Å². The van der Waals surface area contributed by atoms with Crippen LogP contribution >= 0.6 is 0 Å². The summed E-state index contributed by atoms with van der Waals surface area (Å²) in [6.45, 7) is 8.50. The largest absolute Gasteiger partial charge is 0.360 e. The number of rotatable bonds is 7. The third-order valence-electron chi connectivity index (χ3n) is 3.31. The zero-order valence-corrected chi connectivity index (χ0v) is 13.5. The topological polar surface area (TPSA) is 85.0 Å². The number of hydrogen-bond acceptors (Lipinski definition) is 5. The van der Waals surface area contributed by atoms with Gasteiger partial charge in [0.1, 0.15) is 5.76 Å². The fourth-order valence-corrected chi connectivity index (χ4v) is 2.26. The first-order valence-electron chi connectivity index (χ1n) is 7.47. The van der Waals surface area contributed by atoms with Crippen molar-refractivity contribution in [3.63, 3.8) is 0 Å². The molecule has 1 amide bonds. The highest BCUT2D eigenvalue weighted by molar-refractivity contribution is 5.93. The Labute approximate surface area is 130 Å². The van der Waals surface area contributed by atoms with Crippen molar-refractivity contribution in [3.8, 4) is 0 Å². The predicted octanol–water partition coefficient (Wildman–Crippen LogP) is 1.88. The molecule has 0 aliphatic heterocycles. The van der Waals surface area contributed by atoms with Crippen LogP contribution in [0.1, 0.15) is 31.6 Å². The maximum absolute atomic E-state index is 12.3. The summed E-state index contributed by atoms with van der Waals surface area (Å²) >= 11 is 0. The van der Waals surface area contributed by atoms with Gasteiger partial charge in [0, 0.05) is 18.3 Å². The van der Waals surface area contributed by atoms with Crippen molar-refractivity contribution in [1.82, 2.24) is 20.3 Å². The number of aryl methyl sites for hydroxylation is 2. The number of nitrogens with one attached hydrogen (secondary N) is 2. The van der Waals surface area contributed by atoms with Crippen molar-refractivity contribution in [2.24, 2.45) is 0 Å². The molecule has 0 unspecified atom stereocenters. The van der Waals surface area contributed by atoms with E-state index < -0.39 is 0 Å². The molecule has 2 rings (SSSR count). The molecule has 0 radical (unpaired) electrons. The lowest BCUT2D eigenvalue weighted by atomic mass is 10.1. The Morgan fingerprint density at radius 1 is 1.45 bits per heavy atom. The molecule has 22 heavy (non-hydrogen) atoms. The van der Waals surface area contributed by atoms with E-state index in [2.05, 4.69) is 20.9 Å². The van der Waals surface area contributed by atoms with Crippen molar-refractivity contribution in [1.29, 1.82) is 0 Å². The molecule has 0 saturated carbocycles. The molecule has 120 valence electrons. The molecule has 0 aliphatic rings. The van der Waals surface area contributed by atoms with Gasteiger partial charge >= 0.3 is 0 Å². The highest BCUT2D eigenvalue weighted by Crippen LogP contribution is 2.08. The van der Waals surface area contributed by atoms with Crippen LogP contribution in [-0.4, -0.2) is 32.9 Å². The van der Waals surface area contributed by atoms with E-state index in [1.54, 1.807) is 13.0 Å². The first-order valence-corrected chi connectivity index (χ1v) is 7.47. The summed E-state index contributed by atoms with van der Waals surface area (Å²) in [4.78, 5) is 12.3. The van der Waals surface area contributed by atoms with Gasteiger partial charge in [0.2, 0.25) is 5.91 Å². The van der Waals surface area contributed by atoms with Gasteiger partial charge in [0.25, 0.3) is 0 Å². The Kier molecular flexibility index (Phi) is 5.32. The molecular formula is C15H23N5O2. The van der Waals surface area contributed by atoms with E-state index in [9.17, 15) is 4.79 Å². The molecule has 2 aromatic rings. The Morgan fingerprint density at radius 3 is 2.77 bits per heavy atom. The van der Waals surface area contributed by atoms with Crippen molar-refractivity contribution in [2.45, 2.75) is 52.7 Å². The second-order valence-corrected chi connectivity index (χ2v) is 5.58. The predicted molar refractivity (Wildman–Crippen MR) is 83.5 cm³/mol. The summed E-state index contributed by atoms with van der Waals surface area (Å²) in [7, 11) is 0. The number of carbonyl (C=O) groups is 1. The highest BCUT2D eigenvalue weighted by Gasteiger charge is 2.20. The second kappa shape index (κ2) is 7.22. The minimum atomic E-state index is -0.288. The zero-order valence-electron chi connectivity index (χ0n) is 13.5. The Morgan fingerprint density at radius 2 is 2.23 bits per heavy atom. The molecule has 0 saturated heterocycles. The van der Waals surface area contributed by atoms with Gasteiger partial charge in [-0.25, -0.2) is 0 Å². The van der Waals surface area contributed by atoms with Crippen molar-refractivity contribution in [3.05, 3.63) is 29.8 Å². The van der Waals surface area contributed by atoms with E-state index in [1.807, 2.05) is 37.8 Å². The first-order chi connectivity index (χ1) is 10.5. The van der Waals surface area contributed by atoms with Gasteiger partial charge in [-0.3, -0.25) is 9.48 Å². The van der Waals surface area contributed by atoms with Gasteiger partial charge in [-0.15, -0.1) is 0 Å². The van der Waals surface area contributed by atoms with E-state index in [4.69, 9.17) is 4.52 Å². The molecule has 2 N–H and O–H groups in total. The maximum Gasteiger partial charge on any atom is 0.242 e. The van der Waals surface area contributed by atoms with Crippen LogP contribution in [0.15, 0.2) is 23.0 Å². The third kappa shape index (κ3) is 4.42. The smallest absolute Gasteiger partial charge is 0.242 e. The van der Waals surface area contributed by atoms with Crippen LogP contribution in [0.2, 0.25) is 0 Å². The second-order valence-electron chi connectivity index (χ2n) is 5.58. The molecule has 2 aromatic heterocycles. The van der Waals surface area contributed by atoms with Gasteiger partial charge in [0.05, 0.1) is 18.8 Å². The SMILES string of the molecule is CC[C@H](N[C@@H](C)Cn1cc(C)cn1)C(=O)Nc1cc(C)on1. The molecular weight excluding hydrogens is 282 g/mol. The fourth-order valence-electron chi connectivity index (χ4n) is 2.26. The Bertz CT molecular complexity index is 619. The van der Waals surface area contributed by atoms with Crippen LogP contribution in [0.5, 0.6) is 0 Å². The maximum atomic E-state index is 12.3. The number of nitrogens with zero attached hydrogens (tertiary/aromatic N) is 3. The number of amides is 1. The molecule has 7 nitrogen and oxygen atoms in total. The molecule has 0 aromatic carbocycles. The molecule has 0 aliphatic carbocycles. The normalized spacial score (nSPS) is 13.8. The van der Waals surface area contributed by atoms with Crippen LogP contribution in [0, 0.1) is 13.8 Å². The van der Waals surface area contributed by atoms with E-state index >= 15 is 0 Å². The number of anilines is 1. The van der Waals surface area contributed by atoms with Crippen LogP contribution in [0.4, 0.5) is 5.82 Å². The van der Waals surface area contributed by atoms with E-state index in [1.165, 1.54) is 0 Å². The minimum absolute atomic E-state index is 0.112. The molecule has 0 fully saturated rings. The van der Waals surface area contributed by atoms with Crippen molar-refractivity contribution in [2.75, 3.05) is 5.32 Å². The van der Waals surface area contributed by atoms with Crippen LogP contribution in [0.3, 0.4) is 0 Å². The van der Waals surface area contributed by atoms with E-state index in [0.717, 1.165) is 5.56 Å². The van der Waals surface area contributed by atoms with Crippen LogP contribution in [-0.2, 0) is 11.3 Å². The lowest BCUT2D eigenvalue weighted by Crippen LogP contribution is -2.46. The lowest BCUT2D eigenvalue weighted by Gasteiger charge is -2.21. The van der Waals surface area contributed by atoms with E-state index in [0.29, 0.717) is 24.5 Å². The monoisotopic (exact) mass is 305 g/mol. The standard InChI is InChI=1S/C15H23N5O2/c1-5-13(15(21)18-14-6-12(4)22-19-14)17-11(3)9-20-8-10(2)7-16-20/h6-8,11,13,17H,5,9H2,1-4H3,(H,18,19,21)/t11-,13-/m0/s1. The first kappa shape index (κ1) is 16.2. The lowest BCUT2D eigenvalue weighted by molar-refractivity contribution is -0.118. The average molecular weight is 305 g/mol. The molecule has 2 atom stereocenters. The summed E-state index contributed by atoms with van der Waals surface area (Å²) in [6.07, 6.45) is 4.49. The van der Waals surface area contributed by atoms with Crippen LogP contribution < -0.4 is 10.6 Å². The highest BCUT2D eigenvalue weighted by atomic mass is 16.5. The van der Waals surface area contributed by atoms with Gasteiger partial charge in [-0.1, -0.05) is 12.1 Å². The number of hydrogen-bond donors (Lipinski definition) is 2. The van der Waals surface area contributed by atoms with Crippen LogP contribution in [0.25, 0.3) is 0 Å². The van der Waals surface area contributed by atoms with Crippen molar-refractivity contribution >= 4 is 11.7 Å². The summed E-state index contributed by atoms with van der Waals surface area (Å²) in [5, 5.41) is 14.1. The molecule has 0 bridgehead atoms. The number of aromatic nitrogens is 3. The summed E-state index contributed by atoms with van der Waals surface area (Å²) in [6, 6.07) is 1.53. The molecule has 0 spiro atoms. The summed E-state index contributed by atoms with van der Waals surface area (Å²) in [5.41, 5.74) is 1.12. The van der Waals surface area contributed by atoms with Gasteiger partial charge in [0.15, 0.2) is 5.82 Å². The fraction of sp³-hybridized carbons (Fsp3) is 0.533. The van der Waals surface area contributed by atoms with E-state index in [-0.39, 0.29) is 18.0 Å². The van der Waals surface area contributed by atoms with Gasteiger partial charge < -0.3 is 15.2 Å². The minimum Gasteiger partial charge on any atom is -0.360 e. The molecule has 7 heteroatoms. The Hall–Kier alpha value is -2.15. The average Bonchev–Trinajstić information content (AvgIpc) is 3.04. The summed E-state index contributed by atoms with van der Waals surface area (Å²) in [5.74, 6) is 0.996. The Balaban J connectivity index is 1.88. The molecule has 2 heterocycles. The summed E-state index contributed by atoms with van der Waals surface area (Å²) < 4.78 is 6.82. The number of carbonyl (C=O) groups excluding carboxylic acids is 1.